The van der Waals surface area contributed by atoms with E-state index in [2.05, 4.69) is 0 Å². The molecule has 0 fully saturated rings. The number of ether oxygens (including phenoxy) is 2. The summed E-state index contributed by atoms with van der Waals surface area (Å²) in [6.07, 6.45) is 0.956. The summed E-state index contributed by atoms with van der Waals surface area (Å²) in [5.74, 6) is 1.55. The molecule has 2 aromatic rings. The van der Waals surface area contributed by atoms with Gasteiger partial charge in [0.05, 0.1) is 13.2 Å². The normalized spacial score (nSPS) is 12.0. The van der Waals surface area contributed by atoms with Gasteiger partial charge in [0.15, 0.2) is 0 Å². The molecular formula is C17H19ClO3. The molecule has 0 aliphatic rings. The van der Waals surface area contributed by atoms with Crippen LogP contribution in [0.5, 0.6) is 11.5 Å². The minimum Gasteiger partial charge on any atom is -0.497 e. The fraction of sp³-hybridized carbons (Fsp3) is 0.294. The van der Waals surface area contributed by atoms with E-state index in [9.17, 15) is 5.11 Å². The Morgan fingerprint density at radius 1 is 1.00 bits per heavy atom. The van der Waals surface area contributed by atoms with Crippen molar-refractivity contribution in [3.63, 3.8) is 0 Å². The fourth-order valence-corrected chi connectivity index (χ4v) is 2.06. The molecule has 112 valence electrons. The van der Waals surface area contributed by atoms with Gasteiger partial charge in [-0.2, -0.15) is 0 Å². The zero-order chi connectivity index (χ0) is 15.1. The van der Waals surface area contributed by atoms with Crippen LogP contribution in [0.1, 0.15) is 12.0 Å². The molecular weight excluding hydrogens is 288 g/mol. The van der Waals surface area contributed by atoms with E-state index < -0.39 is 6.10 Å². The molecule has 0 radical (unpaired) electrons. The molecule has 1 atom stereocenters. The van der Waals surface area contributed by atoms with Gasteiger partial charge in [0, 0.05) is 5.02 Å². The number of rotatable bonds is 7. The van der Waals surface area contributed by atoms with Crippen LogP contribution in [-0.4, -0.2) is 24.9 Å². The van der Waals surface area contributed by atoms with Gasteiger partial charge >= 0.3 is 0 Å². The standard InChI is InChI=1S/C17H19ClO3/c1-20-16-8-3-13(4-9-16)2-7-15(19)12-21-17-10-5-14(18)6-11-17/h3-6,8-11,15,19H,2,7,12H2,1H3. The highest BCUT2D eigenvalue weighted by atomic mass is 35.5. The van der Waals surface area contributed by atoms with Crippen LogP contribution < -0.4 is 9.47 Å². The average molecular weight is 307 g/mol. The number of aliphatic hydroxyl groups excluding tert-OH is 1. The van der Waals surface area contributed by atoms with Crippen LogP contribution in [0.2, 0.25) is 5.02 Å². The Hall–Kier alpha value is -1.71. The summed E-state index contributed by atoms with van der Waals surface area (Å²) in [7, 11) is 1.65. The molecule has 0 heterocycles. The SMILES string of the molecule is COc1ccc(CCC(O)COc2ccc(Cl)cc2)cc1. The third-order valence-corrected chi connectivity index (χ3v) is 3.43. The lowest BCUT2D eigenvalue weighted by atomic mass is 10.1. The zero-order valence-electron chi connectivity index (χ0n) is 12.0. The number of hydrogen-bond donors (Lipinski definition) is 1. The lowest BCUT2D eigenvalue weighted by Gasteiger charge is -2.12. The van der Waals surface area contributed by atoms with Gasteiger partial charge in [-0.1, -0.05) is 23.7 Å². The number of hydrogen-bond acceptors (Lipinski definition) is 3. The molecule has 1 N–H and O–H groups in total. The molecule has 4 heteroatoms. The van der Waals surface area contributed by atoms with Crippen molar-refractivity contribution in [1.82, 2.24) is 0 Å². The lowest BCUT2D eigenvalue weighted by Crippen LogP contribution is -2.18. The first-order valence-corrected chi connectivity index (χ1v) is 7.24. The van der Waals surface area contributed by atoms with Gasteiger partial charge in [0.1, 0.15) is 18.1 Å². The Morgan fingerprint density at radius 2 is 1.62 bits per heavy atom. The molecule has 0 saturated heterocycles. The molecule has 0 aliphatic carbocycles. The largest absolute Gasteiger partial charge is 0.497 e. The maximum atomic E-state index is 9.95. The Morgan fingerprint density at radius 3 is 2.24 bits per heavy atom. The van der Waals surface area contributed by atoms with E-state index >= 15 is 0 Å². The van der Waals surface area contributed by atoms with E-state index in [1.165, 1.54) is 5.56 Å². The summed E-state index contributed by atoms with van der Waals surface area (Å²) in [6, 6.07) is 15.0. The average Bonchev–Trinajstić information content (AvgIpc) is 2.53. The Kier molecular flexibility index (Phi) is 5.90. The molecule has 0 amide bonds. The monoisotopic (exact) mass is 306 g/mol. The lowest BCUT2D eigenvalue weighted by molar-refractivity contribution is 0.100. The first kappa shape index (κ1) is 15.7. The van der Waals surface area contributed by atoms with Gasteiger partial charge in [-0.15, -0.1) is 0 Å². The maximum Gasteiger partial charge on any atom is 0.119 e. The van der Waals surface area contributed by atoms with Gasteiger partial charge in [0.2, 0.25) is 0 Å². The highest BCUT2D eigenvalue weighted by Gasteiger charge is 2.06. The summed E-state index contributed by atoms with van der Waals surface area (Å²) in [6.45, 7) is 0.276. The first-order chi connectivity index (χ1) is 10.2. The highest BCUT2D eigenvalue weighted by molar-refractivity contribution is 6.30. The van der Waals surface area contributed by atoms with Crippen molar-refractivity contribution in [2.24, 2.45) is 0 Å². The van der Waals surface area contributed by atoms with Crippen LogP contribution in [0.4, 0.5) is 0 Å². The molecule has 0 saturated carbocycles. The van der Waals surface area contributed by atoms with Gasteiger partial charge in [-0.25, -0.2) is 0 Å². The molecule has 21 heavy (non-hydrogen) atoms. The van der Waals surface area contributed by atoms with Crippen molar-refractivity contribution in [2.75, 3.05) is 13.7 Å². The second kappa shape index (κ2) is 7.91. The van der Waals surface area contributed by atoms with Crippen molar-refractivity contribution in [3.05, 3.63) is 59.1 Å². The predicted molar refractivity (Wildman–Crippen MR) is 84.3 cm³/mol. The third-order valence-electron chi connectivity index (χ3n) is 3.18. The molecule has 3 nitrogen and oxygen atoms in total. The Bertz CT molecular complexity index is 537. The van der Waals surface area contributed by atoms with Crippen LogP contribution in [0.3, 0.4) is 0 Å². The minimum absolute atomic E-state index is 0.276. The van der Waals surface area contributed by atoms with Crippen molar-refractivity contribution in [2.45, 2.75) is 18.9 Å². The molecule has 2 rings (SSSR count). The molecule has 0 aliphatic heterocycles. The Balaban J connectivity index is 1.73. The maximum absolute atomic E-state index is 9.95. The van der Waals surface area contributed by atoms with Crippen LogP contribution in [-0.2, 0) is 6.42 Å². The summed E-state index contributed by atoms with van der Waals surface area (Å²) in [5, 5.41) is 10.6. The minimum atomic E-state index is -0.497. The van der Waals surface area contributed by atoms with E-state index in [1.54, 1.807) is 31.4 Å². The number of benzene rings is 2. The van der Waals surface area contributed by atoms with E-state index in [0.29, 0.717) is 17.2 Å². The molecule has 0 aromatic heterocycles. The highest BCUT2D eigenvalue weighted by Crippen LogP contribution is 2.16. The molecule has 0 spiro atoms. The summed E-state index contributed by atoms with van der Waals surface area (Å²) < 4.78 is 10.6. The van der Waals surface area contributed by atoms with E-state index in [0.717, 1.165) is 12.2 Å². The molecule has 2 aromatic carbocycles. The van der Waals surface area contributed by atoms with E-state index in [-0.39, 0.29) is 6.61 Å². The quantitative estimate of drug-likeness (QED) is 0.847. The van der Waals surface area contributed by atoms with Crippen molar-refractivity contribution in [3.8, 4) is 11.5 Å². The predicted octanol–water partition coefficient (Wildman–Crippen LogP) is 3.72. The summed E-state index contributed by atoms with van der Waals surface area (Å²) in [4.78, 5) is 0. The third kappa shape index (κ3) is 5.29. The first-order valence-electron chi connectivity index (χ1n) is 6.87. The fourth-order valence-electron chi connectivity index (χ4n) is 1.93. The van der Waals surface area contributed by atoms with Gasteiger partial charge in [0.25, 0.3) is 0 Å². The van der Waals surface area contributed by atoms with Crippen molar-refractivity contribution < 1.29 is 14.6 Å². The van der Waals surface area contributed by atoms with E-state index in [1.807, 2.05) is 24.3 Å². The van der Waals surface area contributed by atoms with Crippen LogP contribution >= 0.6 is 11.6 Å². The van der Waals surface area contributed by atoms with Gasteiger partial charge in [-0.3, -0.25) is 0 Å². The molecule has 1 unspecified atom stereocenters. The topological polar surface area (TPSA) is 38.7 Å². The second-order valence-electron chi connectivity index (χ2n) is 4.81. The van der Waals surface area contributed by atoms with Crippen LogP contribution in [0.15, 0.2) is 48.5 Å². The second-order valence-corrected chi connectivity index (χ2v) is 5.24. The van der Waals surface area contributed by atoms with E-state index in [4.69, 9.17) is 21.1 Å². The number of halogens is 1. The number of aryl methyl sites for hydroxylation is 1. The van der Waals surface area contributed by atoms with Gasteiger partial charge in [-0.05, 0) is 54.8 Å². The summed E-state index contributed by atoms with van der Waals surface area (Å²) >= 11 is 5.80. The smallest absolute Gasteiger partial charge is 0.119 e. The van der Waals surface area contributed by atoms with Crippen molar-refractivity contribution >= 4 is 11.6 Å². The number of aliphatic hydroxyl groups is 1. The zero-order valence-corrected chi connectivity index (χ0v) is 12.7. The van der Waals surface area contributed by atoms with Gasteiger partial charge < -0.3 is 14.6 Å². The summed E-state index contributed by atoms with van der Waals surface area (Å²) in [5.41, 5.74) is 1.17. The Labute approximate surface area is 130 Å². The van der Waals surface area contributed by atoms with Crippen LogP contribution in [0, 0.1) is 0 Å². The number of methoxy groups -OCH3 is 1. The van der Waals surface area contributed by atoms with Crippen molar-refractivity contribution in [1.29, 1.82) is 0 Å². The molecule has 0 bridgehead atoms. The van der Waals surface area contributed by atoms with Crippen LogP contribution in [0.25, 0.3) is 0 Å².